The number of alkyl halides is 3. The van der Waals surface area contributed by atoms with Crippen molar-refractivity contribution in [3.05, 3.63) is 40.3 Å². The van der Waals surface area contributed by atoms with Crippen LogP contribution in [0.3, 0.4) is 0 Å². The molecule has 2 saturated heterocycles. The van der Waals surface area contributed by atoms with E-state index in [1.54, 1.807) is 4.90 Å². The van der Waals surface area contributed by atoms with Gasteiger partial charge in [-0.1, -0.05) is 12.1 Å². The molecule has 2 fully saturated rings. The fourth-order valence-electron chi connectivity index (χ4n) is 2.97. The van der Waals surface area contributed by atoms with Crippen molar-refractivity contribution in [1.29, 1.82) is 0 Å². The minimum Gasteiger partial charge on any atom is -0.341 e. The molecule has 27 heavy (non-hydrogen) atoms. The van der Waals surface area contributed by atoms with Crippen LogP contribution >= 0.6 is 11.8 Å². The van der Waals surface area contributed by atoms with E-state index in [4.69, 9.17) is 0 Å². The third kappa shape index (κ3) is 4.52. The second kappa shape index (κ2) is 7.75. The molecule has 2 aliphatic heterocycles. The normalized spacial score (nSPS) is 19.9. The number of thioether (sulfide) groups is 1. The highest BCUT2D eigenvalue weighted by molar-refractivity contribution is 8.18. The van der Waals surface area contributed by atoms with Gasteiger partial charge >= 0.3 is 6.18 Å². The van der Waals surface area contributed by atoms with Gasteiger partial charge in [0.05, 0.1) is 10.5 Å². The molecule has 5 nitrogen and oxygen atoms in total. The zero-order valence-electron chi connectivity index (χ0n) is 14.3. The molecule has 0 saturated carbocycles. The molecule has 2 aliphatic rings. The Morgan fingerprint density at radius 2 is 1.85 bits per heavy atom. The maximum absolute atomic E-state index is 12.8. The predicted molar refractivity (Wildman–Crippen MR) is 94.6 cm³/mol. The predicted octanol–water partition coefficient (Wildman–Crippen LogP) is 3.75. The Labute approximate surface area is 158 Å². The van der Waals surface area contributed by atoms with Gasteiger partial charge in [-0.05, 0) is 54.8 Å². The molecule has 0 aliphatic carbocycles. The van der Waals surface area contributed by atoms with E-state index in [0.29, 0.717) is 24.9 Å². The van der Waals surface area contributed by atoms with Crippen LogP contribution in [0.2, 0.25) is 0 Å². The topological polar surface area (TPSA) is 57.7 Å². The molecule has 0 N–H and O–H groups in total. The van der Waals surface area contributed by atoms with Crippen LogP contribution in [0.15, 0.2) is 29.2 Å². The van der Waals surface area contributed by atoms with Gasteiger partial charge < -0.3 is 4.90 Å². The summed E-state index contributed by atoms with van der Waals surface area (Å²) >= 11 is 0.625. The second-order valence-corrected chi connectivity index (χ2v) is 7.33. The van der Waals surface area contributed by atoms with Crippen LogP contribution in [0.5, 0.6) is 0 Å². The fraction of sp³-hybridized carbons (Fsp3) is 0.389. The largest absolute Gasteiger partial charge is 0.416 e. The van der Waals surface area contributed by atoms with Gasteiger partial charge in [-0.15, -0.1) is 0 Å². The molecule has 144 valence electrons. The number of carbonyl (C=O) groups is 3. The summed E-state index contributed by atoms with van der Waals surface area (Å²) in [7, 11) is 0. The maximum atomic E-state index is 12.8. The Bertz CT molecular complexity index is 801. The zero-order chi connectivity index (χ0) is 19.6. The molecule has 0 bridgehead atoms. The van der Waals surface area contributed by atoms with E-state index in [9.17, 15) is 27.6 Å². The van der Waals surface area contributed by atoms with E-state index < -0.39 is 22.9 Å². The van der Waals surface area contributed by atoms with Crippen LogP contribution in [0, 0.1) is 0 Å². The van der Waals surface area contributed by atoms with Crippen molar-refractivity contribution < 1.29 is 27.6 Å². The first-order valence-corrected chi connectivity index (χ1v) is 9.28. The lowest BCUT2D eigenvalue weighted by Crippen LogP contribution is -2.44. The van der Waals surface area contributed by atoms with E-state index in [1.165, 1.54) is 18.2 Å². The fourth-order valence-corrected chi connectivity index (χ4v) is 3.81. The molecular formula is C18H17F3N2O3S. The Balaban J connectivity index is 1.74. The number of carbonyl (C=O) groups excluding carboxylic acids is 3. The highest BCUT2D eigenvalue weighted by Gasteiger charge is 2.37. The number of rotatable bonds is 3. The standard InChI is InChI=1S/C18H17F3N2O3S/c19-18(20,21)13-6-4-5-12(9-13)10-14-16(25)23(17(26)27-14)11-15(24)22-7-2-1-3-8-22/h4-6,9-10H,1-3,7-8,11H2/b14-10-. The lowest BCUT2D eigenvalue weighted by molar-refractivity contribution is -0.137. The summed E-state index contributed by atoms with van der Waals surface area (Å²) in [5.74, 6) is -0.954. The minimum atomic E-state index is -4.50. The smallest absolute Gasteiger partial charge is 0.341 e. The molecular weight excluding hydrogens is 381 g/mol. The second-order valence-electron chi connectivity index (χ2n) is 6.33. The van der Waals surface area contributed by atoms with E-state index in [2.05, 4.69) is 0 Å². The van der Waals surface area contributed by atoms with E-state index >= 15 is 0 Å². The molecule has 9 heteroatoms. The van der Waals surface area contributed by atoms with Gasteiger partial charge in [-0.3, -0.25) is 19.3 Å². The summed E-state index contributed by atoms with van der Waals surface area (Å²) in [6.45, 7) is 0.870. The number of hydrogen-bond donors (Lipinski definition) is 0. The molecule has 3 rings (SSSR count). The summed E-state index contributed by atoms with van der Waals surface area (Å²) < 4.78 is 38.4. The van der Waals surface area contributed by atoms with E-state index in [-0.39, 0.29) is 22.9 Å². The first-order valence-electron chi connectivity index (χ1n) is 8.46. The van der Waals surface area contributed by atoms with Crippen LogP contribution < -0.4 is 0 Å². The lowest BCUT2D eigenvalue weighted by Gasteiger charge is -2.27. The van der Waals surface area contributed by atoms with Crippen molar-refractivity contribution in [1.82, 2.24) is 9.80 Å². The van der Waals surface area contributed by atoms with Crippen molar-refractivity contribution in [2.24, 2.45) is 0 Å². The van der Waals surface area contributed by atoms with Gasteiger partial charge in [0.25, 0.3) is 11.1 Å². The monoisotopic (exact) mass is 398 g/mol. The molecule has 1 aromatic carbocycles. The Morgan fingerprint density at radius 3 is 2.52 bits per heavy atom. The number of nitrogens with zero attached hydrogens (tertiary/aromatic N) is 2. The Hall–Kier alpha value is -2.29. The summed E-state index contributed by atoms with van der Waals surface area (Å²) in [5.41, 5.74) is -0.673. The van der Waals surface area contributed by atoms with E-state index in [1.807, 2.05) is 0 Å². The first kappa shape index (κ1) is 19.5. The molecule has 0 atom stereocenters. The quantitative estimate of drug-likeness (QED) is 0.728. The minimum absolute atomic E-state index is 0.00534. The summed E-state index contributed by atoms with van der Waals surface area (Å²) in [4.78, 5) is 39.3. The molecule has 0 spiro atoms. The Kier molecular flexibility index (Phi) is 5.59. The van der Waals surface area contributed by atoms with Crippen LogP contribution in [0.25, 0.3) is 6.08 Å². The van der Waals surface area contributed by atoms with Gasteiger partial charge in [-0.25, -0.2) is 0 Å². The molecule has 0 aromatic heterocycles. The average Bonchev–Trinajstić information content (AvgIpc) is 2.89. The molecule has 0 radical (unpaired) electrons. The average molecular weight is 398 g/mol. The van der Waals surface area contributed by atoms with Crippen molar-refractivity contribution in [2.75, 3.05) is 19.6 Å². The van der Waals surface area contributed by atoms with Crippen LogP contribution in [-0.2, 0) is 15.8 Å². The van der Waals surface area contributed by atoms with Crippen molar-refractivity contribution in [2.45, 2.75) is 25.4 Å². The summed E-state index contributed by atoms with van der Waals surface area (Å²) in [6.07, 6.45) is -0.424. The third-order valence-electron chi connectivity index (χ3n) is 4.39. The van der Waals surface area contributed by atoms with Gasteiger partial charge in [0.1, 0.15) is 6.54 Å². The molecule has 2 heterocycles. The summed E-state index contributed by atoms with van der Waals surface area (Å²) in [5, 5.41) is -0.594. The van der Waals surface area contributed by atoms with Crippen molar-refractivity contribution in [3.63, 3.8) is 0 Å². The number of likely N-dealkylation sites (tertiary alicyclic amines) is 1. The van der Waals surface area contributed by atoms with Crippen LogP contribution in [0.1, 0.15) is 30.4 Å². The number of halogens is 3. The van der Waals surface area contributed by atoms with Crippen LogP contribution in [0.4, 0.5) is 18.0 Å². The van der Waals surface area contributed by atoms with Crippen molar-refractivity contribution in [3.8, 4) is 0 Å². The molecule has 0 unspecified atom stereocenters. The molecule has 3 amide bonds. The van der Waals surface area contributed by atoms with Gasteiger partial charge in [0.2, 0.25) is 5.91 Å². The maximum Gasteiger partial charge on any atom is 0.416 e. The number of piperidine rings is 1. The van der Waals surface area contributed by atoms with Crippen LogP contribution in [-0.4, -0.2) is 46.5 Å². The van der Waals surface area contributed by atoms with E-state index in [0.717, 1.165) is 36.3 Å². The highest BCUT2D eigenvalue weighted by atomic mass is 32.2. The molecule has 1 aromatic rings. The highest BCUT2D eigenvalue weighted by Crippen LogP contribution is 2.34. The number of amides is 3. The number of benzene rings is 1. The summed E-state index contributed by atoms with van der Waals surface area (Å²) in [6, 6.07) is 4.49. The van der Waals surface area contributed by atoms with Crippen molar-refractivity contribution >= 4 is 34.9 Å². The first-order chi connectivity index (χ1) is 12.8. The third-order valence-corrected chi connectivity index (χ3v) is 5.29. The Morgan fingerprint density at radius 1 is 1.15 bits per heavy atom. The lowest BCUT2D eigenvalue weighted by atomic mass is 10.1. The zero-order valence-corrected chi connectivity index (χ0v) is 15.1. The number of hydrogen-bond acceptors (Lipinski definition) is 4. The number of imide groups is 1. The van der Waals surface area contributed by atoms with Gasteiger partial charge in [-0.2, -0.15) is 13.2 Å². The van der Waals surface area contributed by atoms with Gasteiger partial charge in [0.15, 0.2) is 0 Å². The SMILES string of the molecule is O=C(CN1C(=O)S/C(=C\c2cccc(C(F)(F)F)c2)C1=O)N1CCCCC1. The van der Waals surface area contributed by atoms with Gasteiger partial charge in [0, 0.05) is 13.1 Å².